The molecule has 1 fully saturated rings. The van der Waals surface area contributed by atoms with Crippen LogP contribution in [-0.4, -0.2) is 30.7 Å². The number of ether oxygens (including phenoxy) is 1. The van der Waals surface area contributed by atoms with Crippen LogP contribution in [0.5, 0.6) is 5.75 Å². The predicted octanol–water partition coefficient (Wildman–Crippen LogP) is 2.92. The maximum Gasteiger partial charge on any atom is 0.119 e. The Morgan fingerprint density at radius 1 is 1.38 bits per heavy atom. The van der Waals surface area contributed by atoms with Gasteiger partial charge in [-0.05, 0) is 36.4 Å². The Morgan fingerprint density at radius 3 is 2.88 bits per heavy atom. The van der Waals surface area contributed by atoms with Crippen LogP contribution in [-0.2, 0) is 0 Å². The summed E-state index contributed by atoms with van der Waals surface area (Å²) in [7, 11) is 0. The van der Waals surface area contributed by atoms with Gasteiger partial charge >= 0.3 is 0 Å². The second-order valence-electron chi connectivity index (χ2n) is 3.82. The fraction of sp³-hybridized carbons (Fsp3) is 0.500. The summed E-state index contributed by atoms with van der Waals surface area (Å²) in [5, 5.41) is 3.51. The van der Waals surface area contributed by atoms with E-state index in [2.05, 4.69) is 21.2 Å². The fourth-order valence-electron chi connectivity index (χ4n) is 1.66. The fourth-order valence-corrected chi connectivity index (χ4v) is 3.11. The van der Waals surface area contributed by atoms with E-state index in [9.17, 15) is 0 Å². The molecule has 2 rings (SSSR count). The first kappa shape index (κ1) is 12.3. The smallest absolute Gasteiger partial charge is 0.119 e. The summed E-state index contributed by atoms with van der Waals surface area (Å²) in [4.78, 5) is 0. The molecule has 1 aliphatic rings. The SMILES string of the molecule is Brc1ccc(OCCNC2CCSC2)cc1. The van der Waals surface area contributed by atoms with Gasteiger partial charge in [-0.1, -0.05) is 15.9 Å². The van der Waals surface area contributed by atoms with Crippen molar-refractivity contribution in [3.63, 3.8) is 0 Å². The van der Waals surface area contributed by atoms with Crippen molar-refractivity contribution in [1.82, 2.24) is 5.32 Å². The van der Waals surface area contributed by atoms with Crippen LogP contribution >= 0.6 is 27.7 Å². The second-order valence-corrected chi connectivity index (χ2v) is 5.88. The van der Waals surface area contributed by atoms with E-state index in [1.807, 2.05) is 36.0 Å². The minimum absolute atomic E-state index is 0.693. The van der Waals surface area contributed by atoms with Crippen LogP contribution in [0.25, 0.3) is 0 Å². The Morgan fingerprint density at radius 2 is 2.19 bits per heavy atom. The Kier molecular flexibility index (Phi) is 5.00. The zero-order chi connectivity index (χ0) is 11.2. The van der Waals surface area contributed by atoms with Crippen molar-refractivity contribution in [1.29, 1.82) is 0 Å². The summed E-state index contributed by atoms with van der Waals surface area (Å²) >= 11 is 5.43. The van der Waals surface area contributed by atoms with Gasteiger partial charge in [0.1, 0.15) is 12.4 Å². The molecular formula is C12H16BrNOS. The van der Waals surface area contributed by atoms with Crippen molar-refractivity contribution in [3.8, 4) is 5.75 Å². The van der Waals surface area contributed by atoms with E-state index < -0.39 is 0 Å². The summed E-state index contributed by atoms with van der Waals surface area (Å²) in [5.74, 6) is 3.48. The zero-order valence-electron chi connectivity index (χ0n) is 9.12. The minimum Gasteiger partial charge on any atom is -0.492 e. The number of nitrogens with one attached hydrogen (secondary N) is 1. The highest BCUT2D eigenvalue weighted by molar-refractivity contribution is 9.10. The third-order valence-corrected chi connectivity index (χ3v) is 4.24. The summed E-state index contributed by atoms with van der Waals surface area (Å²) in [6.45, 7) is 1.67. The van der Waals surface area contributed by atoms with E-state index in [1.165, 1.54) is 17.9 Å². The third kappa shape index (κ3) is 4.00. The lowest BCUT2D eigenvalue weighted by Gasteiger charge is -2.11. The van der Waals surface area contributed by atoms with E-state index in [0.717, 1.165) is 23.4 Å². The molecule has 1 heterocycles. The summed E-state index contributed by atoms with van der Waals surface area (Å²) < 4.78 is 6.71. The van der Waals surface area contributed by atoms with E-state index in [-0.39, 0.29) is 0 Å². The van der Waals surface area contributed by atoms with Crippen LogP contribution in [0.4, 0.5) is 0 Å². The number of benzene rings is 1. The summed E-state index contributed by atoms with van der Waals surface area (Å²) in [5.41, 5.74) is 0. The van der Waals surface area contributed by atoms with Crippen molar-refractivity contribution in [2.75, 3.05) is 24.7 Å². The summed E-state index contributed by atoms with van der Waals surface area (Å²) in [6.07, 6.45) is 1.29. The number of thioether (sulfide) groups is 1. The van der Waals surface area contributed by atoms with Crippen molar-refractivity contribution in [3.05, 3.63) is 28.7 Å². The van der Waals surface area contributed by atoms with Crippen LogP contribution in [0.1, 0.15) is 6.42 Å². The van der Waals surface area contributed by atoms with Gasteiger partial charge in [-0.25, -0.2) is 0 Å². The van der Waals surface area contributed by atoms with Crippen molar-refractivity contribution < 1.29 is 4.74 Å². The van der Waals surface area contributed by atoms with Gasteiger partial charge in [-0.15, -0.1) is 0 Å². The van der Waals surface area contributed by atoms with E-state index in [4.69, 9.17) is 4.74 Å². The molecule has 0 aromatic heterocycles. The Balaban J connectivity index is 1.62. The molecule has 0 spiro atoms. The highest BCUT2D eigenvalue weighted by Crippen LogP contribution is 2.17. The maximum absolute atomic E-state index is 5.63. The first-order chi connectivity index (χ1) is 7.84. The van der Waals surface area contributed by atoms with Gasteiger partial charge in [0, 0.05) is 22.8 Å². The van der Waals surface area contributed by atoms with Gasteiger partial charge in [0.15, 0.2) is 0 Å². The lowest BCUT2D eigenvalue weighted by atomic mass is 10.3. The monoisotopic (exact) mass is 301 g/mol. The molecular weight excluding hydrogens is 286 g/mol. The van der Waals surface area contributed by atoms with E-state index >= 15 is 0 Å². The van der Waals surface area contributed by atoms with Crippen LogP contribution in [0, 0.1) is 0 Å². The molecule has 1 aromatic carbocycles. The molecule has 16 heavy (non-hydrogen) atoms. The van der Waals surface area contributed by atoms with E-state index in [1.54, 1.807) is 0 Å². The molecule has 0 aliphatic carbocycles. The molecule has 1 saturated heterocycles. The average Bonchev–Trinajstić information content (AvgIpc) is 2.80. The molecule has 4 heteroatoms. The predicted molar refractivity (Wildman–Crippen MR) is 73.4 cm³/mol. The van der Waals surface area contributed by atoms with Crippen LogP contribution < -0.4 is 10.1 Å². The molecule has 1 atom stereocenters. The normalized spacial score (nSPS) is 19.9. The van der Waals surface area contributed by atoms with Crippen LogP contribution in [0.15, 0.2) is 28.7 Å². The molecule has 0 saturated carbocycles. The Labute approximate surface area is 109 Å². The van der Waals surface area contributed by atoms with Gasteiger partial charge in [-0.2, -0.15) is 11.8 Å². The first-order valence-corrected chi connectivity index (χ1v) is 7.49. The van der Waals surface area contributed by atoms with Gasteiger partial charge in [0.05, 0.1) is 0 Å². The minimum atomic E-state index is 0.693. The molecule has 1 N–H and O–H groups in total. The molecule has 1 aliphatic heterocycles. The molecule has 1 unspecified atom stereocenters. The lowest BCUT2D eigenvalue weighted by molar-refractivity contribution is 0.307. The molecule has 0 bridgehead atoms. The number of rotatable bonds is 5. The van der Waals surface area contributed by atoms with Crippen LogP contribution in [0.3, 0.4) is 0 Å². The van der Waals surface area contributed by atoms with Gasteiger partial charge in [0.2, 0.25) is 0 Å². The Bertz CT molecular complexity index is 311. The highest BCUT2D eigenvalue weighted by atomic mass is 79.9. The van der Waals surface area contributed by atoms with Gasteiger partial charge in [-0.3, -0.25) is 0 Å². The van der Waals surface area contributed by atoms with Crippen LogP contribution in [0.2, 0.25) is 0 Å². The molecule has 1 aromatic rings. The zero-order valence-corrected chi connectivity index (χ0v) is 11.5. The molecule has 2 nitrogen and oxygen atoms in total. The topological polar surface area (TPSA) is 21.3 Å². The van der Waals surface area contributed by atoms with Gasteiger partial charge in [0.25, 0.3) is 0 Å². The first-order valence-electron chi connectivity index (χ1n) is 5.54. The number of hydrogen-bond donors (Lipinski definition) is 1. The highest BCUT2D eigenvalue weighted by Gasteiger charge is 2.13. The number of hydrogen-bond acceptors (Lipinski definition) is 3. The van der Waals surface area contributed by atoms with E-state index in [0.29, 0.717) is 6.04 Å². The summed E-state index contributed by atoms with van der Waals surface area (Å²) in [6, 6.07) is 8.65. The van der Waals surface area contributed by atoms with Crippen molar-refractivity contribution >= 4 is 27.7 Å². The van der Waals surface area contributed by atoms with Gasteiger partial charge < -0.3 is 10.1 Å². The largest absolute Gasteiger partial charge is 0.492 e. The molecule has 0 amide bonds. The lowest BCUT2D eigenvalue weighted by Crippen LogP contribution is -2.32. The van der Waals surface area contributed by atoms with Crippen molar-refractivity contribution in [2.45, 2.75) is 12.5 Å². The quantitative estimate of drug-likeness (QED) is 0.845. The molecule has 0 radical (unpaired) electrons. The molecule has 88 valence electrons. The maximum atomic E-state index is 5.63. The third-order valence-electron chi connectivity index (χ3n) is 2.55. The standard InChI is InChI=1S/C12H16BrNOS/c13-10-1-3-12(4-2-10)15-7-6-14-11-5-8-16-9-11/h1-4,11,14H,5-9H2. The van der Waals surface area contributed by atoms with Crippen molar-refractivity contribution in [2.24, 2.45) is 0 Å². The number of halogens is 1. The Hall–Kier alpha value is -0.190. The second kappa shape index (κ2) is 6.52. The average molecular weight is 302 g/mol.